The van der Waals surface area contributed by atoms with Gasteiger partial charge in [0.1, 0.15) is 5.69 Å². The number of hydrogen-bond donors (Lipinski definition) is 0. The van der Waals surface area contributed by atoms with E-state index in [0.29, 0.717) is 5.69 Å². The topological polar surface area (TPSA) is 48.1 Å². The Hall–Kier alpha value is -1.52. The van der Waals surface area contributed by atoms with Gasteiger partial charge < -0.3 is 4.57 Å². The van der Waals surface area contributed by atoms with Gasteiger partial charge in [-0.2, -0.15) is 0 Å². The van der Waals surface area contributed by atoms with Crippen molar-refractivity contribution in [3.8, 4) is 5.69 Å². The minimum atomic E-state index is -0.489. The average Bonchev–Trinajstić information content (AvgIpc) is 2.74. The Balaban J connectivity index is 2.68. The molecule has 0 aliphatic carbocycles. The molecule has 0 atom stereocenters. The van der Waals surface area contributed by atoms with Gasteiger partial charge in [0.2, 0.25) is 0 Å². The largest absolute Gasteiger partial charge is 0.318 e. The lowest BCUT2D eigenvalue weighted by Crippen LogP contribution is -1.98. The molecule has 1 heterocycles. The maximum Gasteiger partial charge on any atom is 0.294 e. The minimum Gasteiger partial charge on any atom is -0.318 e. The van der Waals surface area contributed by atoms with Crippen LogP contribution in [0.15, 0.2) is 36.7 Å². The molecular formula is C10H6Cl2N2O2. The minimum absolute atomic E-state index is 0.0781. The van der Waals surface area contributed by atoms with E-state index in [9.17, 15) is 10.1 Å². The highest BCUT2D eigenvalue weighted by molar-refractivity contribution is 6.42. The molecular weight excluding hydrogens is 251 g/mol. The van der Waals surface area contributed by atoms with E-state index >= 15 is 0 Å². The third-order valence-corrected chi connectivity index (χ3v) is 2.82. The Morgan fingerprint density at radius 3 is 2.25 bits per heavy atom. The van der Waals surface area contributed by atoms with Gasteiger partial charge in [0.25, 0.3) is 5.69 Å². The third-order valence-electron chi connectivity index (χ3n) is 2.10. The van der Waals surface area contributed by atoms with E-state index in [1.54, 1.807) is 29.1 Å². The first-order valence-electron chi connectivity index (χ1n) is 4.36. The normalized spacial score (nSPS) is 10.4. The maximum atomic E-state index is 10.9. The number of rotatable bonds is 2. The second-order valence-corrected chi connectivity index (χ2v) is 3.92. The first-order chi connectivity index (χ1) is 7.59. The molecule has 6 heteroatoms. The SMILES string of the molecule is O=[N+]([O-])c1cc(Cl)c(Cl)cc1-n1cccc1. The lowest BCUT2D eigenvalue weighted by Gasteiger charge is -2.05. The van der Waals surface area contributed by atoms with Gasteiger partial charge in [0.05, 0.1) is 15.0 Å². The second-order valence-electron chi connectivity index (χ2n) is 3.10. The molecule has 16 heavy (non-hydrogen) atoms. The van der Waals surface area contributed by atoms with E-state index in [-0.39, 0.29) is 15.7 Å². The molecule has 0 N–H and O–H groups in total. The summed E-state index contributed by atoms with van der Waals surface area (Å²) in [5, 5.41) is 11.3. The van der Waals surface area contributed by atoms with E-state index < -0.39 is 4.92 Å². The zero-order chi connectivity index (χ0) is 11.7. The Bertz CT molecular complexity index is 538. The summed E-state index contributed by atoms with van der Waals surface area (Å²) < 4.78 is 1.61. The molecule has 0 unspecified atom stereocenters. The summed E-state index contributed by atoms with van der Waals surface area (Å²) in [6, 6.07) is 6.26. The van der Waals surface area contributed by atoms with Gasteiger partial charge in [0, 0.05) is 18.5 Å². The van der Waals surface area contributed by atoms with E-state index in [4.69, 9.17) is 23.2 Å². The number of nitro benzene ring substituents is 1. The van der Waals surface area contributed by atoms with Crippen molar-refractivity contribution in [2.75, 3.05) is 0 Å². The van der Waals surface area contributed by atoms with E-state index in [2.05, 4.69) is 0 Å². The van der Waals surface area contributed by atoms with Gasteiger partial charge in [-0.1, -0.05) is 23.2 Å². The lowest BCUT2D eigenvalue weighted by atomic mass is 10.2. The van der Waals surface area contributed by atoms with Gasteiger partial charge in [0.15, 0.2) is 0 Å². The molecule has 82 valence electrons. The number of nitro groups is 1. The monoisotopic (exact) mass is 256 g/mol. The molecule has 0 aliphatic rings. The molecule has 2 rings (SSSR count). The van der Waals surface area contributed by atoms with Crippen LogP contribution in [0.1, 0.15) is 0 Å². The number of benzene rings is 1. The fraction of sp³-hybridized carbons (Fsp3) is 0. The average molecular weight is 257 g/mol. The zero-order valence-corrected chi connectivity index (χ0v) is 9.44. The number of nitrogens with zero attached hydrogens (tertiary/aromatic N) is 2. The van der Waals surface area contributed by atoms with Crippen LogP contribution in [0, 0.1) is 10.1 Å². The zero-order valence-electron chi connectivity index (χ0n) is 7.93. The number of hydrogen-bond acceptors (Lipinski definition) is 2. The van der Waals surface area contributed by atoms with Crippen molar-refractivity contribution < 1.29 is 4.92 Å². The third kappa shape index (κ3) is 1.89. The Morgan fingerprint density at radius 2 is 1.69 bits per heavy atom. The van der Waals surface area contributed by atoms with Crippen molar-refractivity contribution in [2.24, 2.45) is 0 Å². The number of halogens is 2. The van der Waals surface area contributed by atoms with E-state index in [1.807, 2.05) is 0 Å². The van der Waals surface area contributed by atoms with E-state index in [0.717, 1.165) is 0 Å². The van der Waals surface area contributed by atoms with Crippen molar-refractivity contribution in [1.82, 2.24) is 4.57 Å². The van der Waals surface area contributed by atoms with Crippen molar-refractivity contribution >= 4 is 28.9 Å². The van der Waals surface area contributed by atoms with Crippen LogP contribution >= 0.6 is 23.2 Å². The standard InChI is InChI=1S/C10H6Cl2N2O2/c11-7-5-9(13-3-1-2-4-13)10(14(15)16)6-8(7)12/h1-6H. The molecule has 0 aliphatic heterocycles. The van der Waals surface area contributed by atoms with Crippen LogP contribution in [0.25, 0.3) is 5.69 Å². The van der Waals surface area contributed by atoms with Gasteiger partial charge in [-0.3, -0.25) is 10.1 Å². The molecule has 1 aromatic carbocycles. The maximum absolute atomic E-state index is 10.9. The summed E-state index contributed by atoms with van der Waals surface area (Å²) >= 11 is 11.6. The molecule has 0 fully saturated rings. The Morgan fingerprint density at radius 1 is 1.12 bits per heavy atom. The molecule has 0 amide bonds. The predicted molar refractivity (Wildman–Crippen MR) is 62.4 cm³/mol. The highest BCUT2D eigenvalue weighted by atomic mass is 35.5. The van der Waals surface area contributed by atoms with Gasteiger partial charge in [-0.15, -0.1) is 0 Å². The first-order valence-corrected chi connectivity index (χ1v) is 5.12. The van der Waals surface area contributed by atoms with Crippen molar-refractivity contribution in [3.63, 3.8) is 0 Å². The van der Waals surface area contributed by atoms with Crippen molar-refractivity contribution in [1.29, 1.82) is 0 Å². The molecule has 4 nitrogen and oxygen atoms in total. The first kappa shape index (κ1) is 11.0. The number of aromatic nitrogens is 1. The molecule has 2 aromatic rings. The quantitative estimate of drug-likeness (QED) is 0.608. The van der Waals surface area contributed by atoms with Crippen LogP contribution in [0.3, 0.4) is 0 Å². The van der Waals surface area contributed by atoms with Crippen LogP contribution in [0.2, 0.25) is 10.0 Å². The Labute approximate surface area is 101 Å². The molecule has 0 bridgehead atoms. The molecule has 0 spiro atoms. The smallest absolute Gasteiger partial charge is 0.294 e. The van der Waals surface area contributed by atoms with Crippen LogP contribution in [-0.2, 0) is 0 Å². The molecule has 0 saturated carbocycles. The highest BCUT2D eigenvalue weighted by Crippen LogP contribution is 2.32. The fourth-order valence-electron chi connectivity index (χ4n) is 1.37. The van der Waals surface area contributed by atoms with Crippen LogP contribution < -0.4 is 0 Å². The van der Waals surface area contributed by atoms with E-state index in [1.165, 1.54) is 12.1 Å². The van der Waals surface area contributed by atoms with Gasteiger partial charge in [-0.25, -0.2) is 0 Å². The van der Waals surface area contributed by atoms with Crippen molar-refractivity contribution in [3.05, 3.63) is 56.8 Å². The summed E-state index contributed by atoms with van der Waals surface area (Å²) in [4.78, 5) is 10.4. The second kappa shape index (κ2) is 4.15. The van der Waals surface area contributed by atoms with Gasteiger partial charge >= 0.3 is 0 Å². The predicted octanol–water partition coefficient (Wildman–Crippen LogP) is 3.69. The summed E-state index contributed by atoms with van der Waals surface area (Å²) in [6.07, 6.45) is 3.40. The Kier molecular flexibility index (Phi) is 2.85. The molecule has 0 radical (unpaired) electrons. The highest BCUT2D eigenvalue weighted by Gasteiger charge is 2.17. The summed E-state index contributed by atoms with van der Waals surface area (Å²) in [5.74, 6) is 0. The summed E-state index contributed by atoms with van der Waals surface area (Å²) in [7, 11) is 0. The fourth-order valence-corrected chi connectivity index (χ4v) is 1.69. The van der Waals surface area contributed by atoms with Gasteiger partial charge in [-0.05, 0) is 18.2 Å². The summed E-state index contributed by atoms with van der Waals surface area (Å²) in [6.45, 7) is 0. The lowest BCUT2D eigenvalue weighted by molar-refractivity contribution is -0.384. The van der Waals surface area contributed by atoms with Crippen LogP contribution in [0.5, 0.6) is 0 Å². The molecule has 0 saturated heterocycles. The van der Waals surface area contributed by atoms with Crippen LogP contribution in [-0.4, -0.2) is 9.49 Å². The van der Waals surface area contributed by atoms with Crippen molar-refractivity contribution in [2.45, 2.75) is 0 Å². The summed E-state index contributed by atoms with van der Waals surface area (Å²) in [5.41, 5.74) is 0.315. The molecule has 1 aromatic heterocycles. The van der Waals surface area contributed by atoms with Crippen LogP contribution in [0.4, 0.5) is 5.69 Å².